The standard InChI is InChI=1S/C24H30BN5/c1-14-11-20(25-6)12-15(2)22(14)30-17(4)16(3)21-23(27-18(5)28-24(21)30)29-9-7-19(13-26)8-10-29/h11-12,19,25H,7-10H2,1-6H3. The van der Waals surface area contributed by atoms with Gasteiger partial charge in [-0.25, -0.2) is 9.97 Å². The van der Waals surface area contributed by atoms with E-state index in [1.54, 1.807) is 0 Å². The van der Waals surface area contributed by atoms with Gasteiger partial charge in [0.25, 0.3) is 0 Å². The zero-order chi connectivity index (χ0) is 21.6. The van der Waals surface area contributed by atoms with E-state index < -0.39 is 0 Å². The Morgan fingerprint density at radius 1 is 1.03 bits per heavy atom. The van der Waals surface area contributed by atoms with Crippen molar-refractivity contribution in [1.29, 1.82) is 5.26 Å². The number of anilines is 1. The molecule has 1 aliphatic heterocycles. The Hall–Kier alpha value is -2.81. The topological polar surface area (TPSA) is 57.7 Å². The Morgan fingerprint density at radius 2 is 1.67 bits per heavy atom. The molecule has 2 aromatic heterocycles. The van der Waals surface area contributed by atoms with Crippen molar-refractivity contribution in [1.82, 2.24) is 14.5 Å². The van der Waals surface area contributed by atoms with Crippen molar-refractivity contribution in [2.45, 2.75) is 54.3 Å². The van der Waals surface area contributed by atoms with Crippen LogP contribution in [0.15, 0.2) is 12.1 Å². The highest BCUT2D eigenvalue weighted by Crippen LogP contribution is 2.36. The summed E-state index contributed by atoms with van der Waals surface area (Å²) in [5, 5.41) is 10.4. The summed E-state index contributed by atoms with van der Waals surface area (Å²) in [7, 11) is 1.04. The number of hydrogen-bond donors (Lipinski definition) is 0. The predicted molar refractivity (Wildman–Crippen MR) is 126 cm³/mol. The average molecular weight is 399 g/mol. The Morgan fingerprint density at radius 3 is 2.23 bits per heavy atom. The molecule has 3 aromatic rings. The summed E-state index contributed by atoms with van der Waals surface area (Å²) in [5.74, 6) is 1.97. The van der Waals surface area contributed by atoms with Crippen LogP contribution in [0.5, 0.6) is 0 Å². The molecule has 6 heteroatoms. The molecule has 1 aromatic carbocycles. The van der Waals surface area contributed by atoms with Gasteiger partial charge in [0.15, 0.2) is 12.9 Å². The average Bonchev–Trinajstić information content (AvgIpc) is 2.97. The smallest absolute Gasteiger partial charge is 0.154 e. The zero-order valence-electron chi connectivity index (χ0n) is 19.0. The maximum atomic E-state index is 9.27. The second-order valence-corrected chi connectivity index (χ2v) is 8.66. The highest BCUT2D eigenvalue weighted by Gasteiger charge is 2.26. The minimum absolute atomic E-state index is 0.162. The van der Waals surface area contributed by atoms with E-state index in [0.29, 0.717) is 0 Å². The van der Waals surface area contributed by atoms with Crippen LogP contribution in [0.1, 0.15) is 41.1 Å². The fourth-order valence-corrected chi connectivity index (χ4v) is 4.87. The molecule has 0 unspecified atom stereocenters. The Balaban J connectivity index is 1.94. The third kappa shape index (κ3) is 3.27. The van der Waals surface area contributed by atoms with Crippen LogP contribution in [0.2, 0.25) is 6.82 Å². The molecule has 4 rings (SSSR count). The van der Waals surface area contributed by atoms with E-state index in [4.69, 9.17) is 9.97 Å². The highest BCUT2D eigenvalue weighted by atomic mass is 15.2. The molecule has 5 nitrogen and oxygen atoms in total. The molecule has 154 valence electrons. The third-order valence-electron chi connectivity index (χ3n) is 6.61. The number of nitriles is 1. The minimum Gasteiger partial charge on any atom is -0.356 e. The molecule has 0 radical (unpaired) electrons. The van der Waals surface area contributed by atoms with Gasteiger partial charge in [-0.3, -0.25) is 4.57 Å². The zero-order valence-corrected chi connectivity index (χ0v) is 19.0. The fraction of sp³-hybridized carbons (Fsp3) is 0.458. The molecule has 1 aliphatic rings. The molecule has 30 heavy (non-hydrogen) atoms. The molecule has 1 saturated heterocycles. The minimum atomic E-state index is 0.162. The summed E-state index contributed by atoms with van der Waals surface area (Å²) < 4.78 is 2.33. The van der Waals surface area contributed by atoms with Gasteiger partial charge in [0, 0.05) is 24.7 Å². The molecular formula is C24H30BN5. The summed E-state index contributed by atoms with van der Waals surface area (Å²) in [6.45, 7) is 14.7. The number of benzene rings is 1. The van der Waals surface area contributed by atoms with Crippen molar-refractivity contribution >= 4 is 29.6 Å². The Kier molecular flexibility index (Phi) is 5.32. The molecule has 0 amide bonds. The lowest BCUT2D eigenvalue weighted by atomic mass is 9.72. The van der Waals surface area contributed by atoms with Crippen LogP contribution in [0.25, 0.3) is 16.7 Å². The van der Waals surface area contributed by atoms with E-state index >= 15 is 0 Å². The molecule has 0 spiro atoms. The lowest BCUT2D eigenvalue weighted by Gasteiger charge is -2.30. The Labute approximate surface area is 180 Å². The molecule has 0 bridgehead atoms. The van der Waals surface area contributed by atoms with Crippen molar-refractivity contribution in [2.75, 3.05) is 18.0 Å². The van der Waals surface area contributed by atoms with E-state index in [-0.39, 0.29) is 5.92 Å². The van der Waals surface area contributed by atoms with E-state index in [1.165, 1.54) is 33.5 Å². The maximum absolute atomic E-state index is 9.27. The van der Waals surface area contributed by atoms with Crippen LogP contribution >= 0.6 is 0 Å². The summed E-state index contributed by atoms with van der Waals surface area (Å²) >= 11 is 0. The summed E-state index contributed by atoms with van der Waals surface area (Å²) in [4.78, 5) is 12.1. The molecule has 0 atom stereocenters. The van der Waals surface area contributed by atoms with Crippen molar-refractivity contribution in [3.63, 3.8) is 0 Å². The number of rotatable bonds is 3. The fourth-order valence-electron chi connectivity index (χ4n) is 4.87. The highest BCUT2D eigenvalue weighted by molar-refractivity contribution is 6.52. The first-order chi connectivity index (χ1) is 14.3. The van der Waals surface area contributed by atoms with Gasteiger partial charge in [-0.15, -0.1) is 0 Å². The largest absolute Gasteiger partial charge is 0.356 e. The number of hydrogen-bond acceptors (Lipinski definition) is 4. The maximum Gasteiger partial charge on any atom is 0.154 e. The van der Waals surface area contributed by atoms with Gasteiger partial charge in [0.05, 0.1) is 17.1 Å². The van der Waals surface area contributed by atoms with E-state index in [0.717, 1.165) is 55.9 Å². The molecule has 0 saturated carbocycles. The first kappa shape index (κ1) is 20.5. The first-order valence-corrected chi connectivity index (χ1v) is 11.0. The Bertz CT molecular complexity index is 1140. The van der Waals surface area contributed by atoms with Crippen LogP contribution in [0.4, 0.5) is 5.82 Å². The number of nitrogens with zero attached hydrogens (tertiary/aromatic N) is 5. The van der Waals surface area contributed by atoms with E-state index in [1.807, 2.05) is 6.92 Å². The molecule has 3 heterocycles. The van der Waals surface area contributed by atoms with E-state index in [9.17, 15) is 5.26 Å². The molecule has 0 aliphatic carbocycles. The van der Waals surface area contributed by atoms with Gasteiger partial charge in [-0.05, 0) is 64.2 Å². The van der Waals surface area contributed by atoms with Gasteiger partial charge in [-0.2, -0.15) is 5.26 Å². The van der Waals surface area contributed by atoms with Gasteiger partial charge in [0.2, 0.25) is 0 Å². The monoisotopic (exact) mass is 399 g/mol. The quantitative estimate of drug-likeness (QED) is 0.629. The van der Waals surface area contributed by atoms with Crippen LogP contribution in [-0.2, 0) is 0 Å². The number of fused-ring (bicyclic) bond motifs is 1. The van der Waals surface area contributed by atoms with Crippen LogP contribution in [-0.4, -0.2) is 34.9 Å². The van der Waals surface area contributed by atoms with Crippen LogP contribution < -0.4 is 10.4 Å². The first-order valence-electron chi connectivity index (χ1n) is 11.0. The van der Waals surface area contributed by atoms with Gasteiger partial charge >= 0.3 is 0 Å². The second-order valence-electron chi connectivity index (χ2n) is 8.66. The lowest BCUT2D eigenvalue weighted by molar-refractivity contribution is 0.485. The second kappa shape index (κ2) is 7.79. The van der Waals surface area contributed by atoms with Crippen molar-refractivity contribution in [2.24, 2.45) is 5.92 Å². The molecular weight excluding hydrogens is 369 g/mol. The SMILES string of the molecule is CBc1cc(C)c(-n2c(C)c(C)c3c(N4CCC(C#N)CC4)nc(C)nc32)c(C)c1. The van der Waals surface area contributed by atoms with Crippen molar-refractivity contribution in [3.05, 3.63) is 40.3 Å². The number of aryl methyl sites for hydroxylation is 4. The van der Waals surface area contributed by atoms with Gasteiger partial charge < -0.3 is 4.90 Å². The lowest BCUT2D eigenvalue weighted by Crippen LogP contribution is -2.34. The van der Waals surface area contributed by atoms with Crippen LogP contribution in [0.3, 0.4) is 0 Å². The van der Waals surface area contributed by atoms with Gasteiger partial charge in [0.1, 0.15) is 11.6 Å². The summed E-state index contributed by atoms with van der Waals surface area (Å²) in [5.41, 5.74) is 8.60. The third-order valence-corrected chi connectivity index (χ3v) is 6.61. The summed E-state index contributed by atoms with van der Waals surface area (Å²) in [6, 6.07) is 7.02. The number of aromatic nitrogens is 3. The van der Waals surface area contributed by atoms with Crippen LogP contribution in [0, 0.1) is 51.9 Å². The normalized spacial score (nSPS) is 14.9. The molecule has 1 fully saturated rings. The van der Waals surface area contributed by atoms with Gasteiger partial charge in [-0.1, -0.05) is 24.4 Å². The van der Waals surface area contributed by atoms with Crippen molar-refractivity contribution in [3.8, 4) is 11.8 Å². The molecule has 0 N–H and O–H groups in total. The van der Waals surface area contributed by atoms with Crippen molar-refractivity contribution < 1.29 is 0 Å². The predicted octanol–water partition coefficient (Wildman–Crippen LogP) is 3.81. The van der Waals surface area contributed by atoms with E-state index in [2.05, 4.69) is 62.2 Å². The number of piperidine rings is 1. The summed E-state index contributed by atoms with van der Waals surface area (Å²) in [6.07, 6.45) is 1.80.